The third-order valence-electron chi connectivity index (χ3n) is 4.29. The second-order valence-electron chi connectivity index (χ2n) is 6.08. The topological polar surface area (TPSA) is 115 Å². The summed E-state index contributed by atoms with van der Waals surface area (Å²) in [4.78, 5) is 39.2. The van der Waals surface area contributed by atoms with Crippen LogP contribution in [0, 0.1) is 0 Å². The number of aromatic amines is 1. The molecule has 0 radical (unpaired) electrons. The van der Waals surface area contributed by atoms with Gasteiger partial charge in [0.1, 0.15) is 11.5 Å². The van der Waals surface area contributed by atoms with E-state index in [1.54, 1.807) is 49.6 Å². The molecule has 0 aliphatic carbocycles. The van der Waals surface area contributed by atoms with Gasteiger partial charge in [0.2, 0.25) is 5.91 Å². The molecule has 2 aromatic carbocycles. The molecule has 1 heterocycles. The highest BCUT2D eigenvalue weighted by Crippen LogP contribution is 2.22. The van der Waals surface area contributed by atoms with E-state index in [4.69, 9.17) is 9.47 Å². The summed E-state index contributed by atoms with van der Waals surface area (Å²) in [5, 5.41) is 4.28. The van der Waals surface area contributed by atoms with Gasteiger partial charge in [0.25, 0.3) is 5.56 Å². The standard InChI is InChI=1S/C20H20N4O5/c1-28-14-8-7-13(17(11-14)29-2)12-21-23-18(25)9-10-24-19(26)15-5-3-4-6-16(15)22-20(24)27/h3-8,11-12H,9-10H2,1-2H3,(H,22,27)(H,23,25). The second kappa shape index (κ2) is 8.87. The van der Waals surface area contributed by atoms with Gasteiger partial charge >= 0.3 is 5.69 Å². The van der Waals surface area contributed by atoms with Gasteiger partial charge in [0, 0.05) is 24.6 Å². The molecule has 2 N–H and O–H groups in total. The monoisotopic (exact) mass is 396 g/mol. The number of nitrogens with one attached hydrogen (secondary N) is 2. The van der Waals surface area contributed by atoms with E-state index >= 15 is 0 Å². The number of hydrogen-bond acceptors (Lipinski definition) is 6. The minimum atomic E-state index is -0.562. The minimum Gasteiger partial charge on any atom is -0.497 e. The number of methoxy groups -OCH3 is 2. The predicted octanol–water partition coefficient (Wildman–Crippen LogP) is 1.25. The van der Waals surface area contributed by atoms with Gasteiger partial charge in [-0.15, -0.1) is 0 Å². The molecule has 150 valence electrons. The van der Waals surface area contributed by atoms with Gasteiger partial charge in [-0.05, 0) is 24.3 Å². The lowest BCUT2D eigenvalue weighted by atomic mass is 10.2. The Morgan fingerprint density at radius 3 is 2.72 bits per heavy atom. The first-order valence-corrected chi connectivity index (χ1v) is 8.79. The highest BCUT2D eigenvalue weighted by atomic mass is 16.5. The number of H-pyrrole nitrogens is 1. The number of nitrogens with zero attached hydrogens (tertiary/aromatic N) is 2. The van der Waals surface area contributed by atoms with Gasteiger partial charge in [0.15, 0.2) is 0 Å². The lowest BCUT2D eigenvalue weighted by Crippen LogP contribution is -2.36. The molecular weight excluding hydrogens is 376 g/mol. The maximum atomic E-state index is 12.4. The summed E-state index contributed by atoms with van der Waals surface area (Å²) in [7, 11) is 3.07. The quantitative estimate of drug-likeness (QED) is 0.461. The Bertz CT molecular complexity index is 1180. The molecule has 9 nitrogen and oxygen atoms in total. The first-order valence-electron chi connectivity index (χ1n) is 8.79. The number of hydrazone groups is 1. The summed E-state index contributed by atoms with van der Waals surface area (Å²) in [6, 6.07) is 11.9. The number of ether oxygens (including phenoxy) is 2. The van der Waals surface area contributed by atoms with Gasteiger partial charge in [-0.25, -0.2) is 10.2 Å². The zero-order valence-electron chi connectivity index (χ0n) is 16.0. The van der Waals surface area contributed by atoms with E-state index in [-0.39, 0.29) is 13.0 Å². The first kappa shape index (κ1) is 19.9. The van der Waals surface area contributed by atoms with E-state index in [1.807, 2.05) is 0 Å². The van der Waals surface area contributed by atoms with Gasteiger partial charge in [0.05, 0.1) is 31.3 Å². The summed E-state index contributed by atoms with van der Waals surface area (Å²) >= 11 is 0. The normalized spacial score (nSPS) is 11.0. The van der Waals surface area contributed by atoms with E-state index in [2.05, 4.69) is 15.5 Å². The zero-order valence-corrected chi connectivity index (χ0v) is 16.0. The molecule has 0 atom stereocenters. The molecule has 3 aromatic rings. The van der Waals surface area contributed by atoms with Crippen LogP contribution >= 0.6 is 0 Å². The van der Waals surface area contributed by atoms with Crippen molar-refractivity contribution in [2.75, 3.05) is 14.2 Å². The molecule has 1 aromatic heterocycles. The van der Waals surface area contributed by atoms with Crippen molar-refractivity contribution >= 4 is 23.0 Å². The van der Waals surface area contributed by atoms with Crippen LogP contribution in [-0.4, -0.2) is 35.9 Å². The van der Waals surface area contributed by atoms with Crippen LogP contribution in [0.3, 0.4) is 0 Å². The van der Waals surface area contributed by atoms with Crippen molar-refractivity contribution in [1.29, 1.82) is 0 Å². The number of carbonyl (C=O) groups excluding carboxylic acids is 1. The number of aromatic nitrogens is 2. The van der Waals surface area contributed by atoms with Gasteiger partial charge < -0.3 is 14.5 Å². The number of rotatable bonds is 7. The van der Waals surface area contributed by atoms with Crippen LogP contribution in [0.25, 0.3) is 10.9 Å². The highest BCUT2D eigenvalue weighted by molar-refractivity contribution is 5.85. The van der Waals surface area contributed by atoms with E-state index in [1.165, 1.54) is 13.3 Å². The number of hydrogen-bond donors (Lipinski definition) is 2. The molecule has 0 saturated carbocycles. The lowest BCUT2D eigenvalue weighted by Gasteiger charge is -2.07. The number of carbonyl (C=O) groups is 1. The van der Waals surface area contributed by atoms with Crippen molar-refractivity contribution in [3.8, 4) is 11.5 Å². The van der Waals surface area contributed by atoms with Crippen molar-refractivity contribution in [2.45, 2.75) is 13.0 Å². The number of amides is 1. The Morgan fingerprint density at radius 2 is 1.97 bits per heavy atom. The second-order valence-corrected chi connectivity index (χ2v) is 6.08. The van der Waals surface area contributed by atoms with Crippen molar-refractivity contribution < 1.29 is 14.3 Å². The molecule has 0 bridgehead atoms. The smallest absolute Gasteiger partial charge is 0.328 e. The summed E-state index contributed by atoms with van der Waals surface area (Å²) in [6.07, 6.45) is 1.35. The molecule has 0 unspecified atom stereocenters. The first-order chi connectivity index (χ1) is 14.0. The van der Waals surface area contributed by atoms with E-state index in [9.17, 15) is 14.4 Å². The predicted molar refractivity (Wildman–Crippen MR) is 109 cm³/mol. The number of fused-ring (bicyclic) bond motifs is 1. The molecule has 0 spiro atoms. The molecule has 0 aliphatic heterocycles. The molecule has 3 rings (SSSR count). The molecule has 0 saturated heterocycles. The van der Waals surface area contributed by atoms with Gasteiger partial charge in [-0.1, -0.05) is 12.1 Å². The molecular formula is C20H20N4O5. The molecule has 0 fully saturated rings. The average molecular weight is 396 g/mol. The lowest BCUT2D eigenvalue weighted by molar-refractivity contribution is -0.121. The van der Waals surface area contributed by atoms with Crippen LogP contribution in [-0.2, 0) is 11.3 Å². The van der Waals surface area contributed by atoms with Crippen LogP contribution in [0.4, 0.5) is 0 Å². The van der Waals surface area contributed by atoms with Crippen molar-refractivity contribution in [2.24, 2.45) is 5.10 Å². The SMILES string of the molecule is COc1ccc(C=NNC(=O)CCn2c(=O)[nH]c3ccccc3c2=O)c(OC)c1. The van der Waals surface area contributed by atoms with Gasteiger partial charge in [-0.2, -0.15) is 5.10 Å². The Hall–Kier alpha value is -3.88. The Kier molecular flexibility index (Phi) is 6.08. The van der Waals surface area contributed by atoms with Crippen LogP contribution < -0.4 is 26.1 Å². The van der Waals surface area contributed by atoms with Gasteiger partial charge in [-0.3, -0.25) is 14.2 Å². The van der Waals surface area contributed by atoms with E-state index in [0.29, 0.717) is 28.0 Å². The van der Waals surface area contributed by atoms with Crippen LogP contribution in [0.15, 0.2) is 57.2 Å². The maximum absolute atomic E-state index is 12.4. The molecule has 1 amide bonds. The minimum absolute atomic E-state index is 0.0633. The third kappa shape index (κ3) is 4.52. The van der Waals surface area contributed by atoms with E-state index < -0.39 is 17.2 Å². The molecule has 29 heavy (non-hydrogen) atoms. The molecule has 9 heteroatoms. The van der Waals surface area contributed by atoms with Crippen molar-refractivity contribution in [1.82, 2.24) is 15.0 Å². The Balaban J connectivity index is 1.65. The fourth-order valence-electron chi connectivity index (χ4n) is 2.77. The zero-order chi connectivity index (χ0) is 20.8. The van der Waals surface area contributed by atoms with Crippen LogP contribution in [0.1, 0.15) is 12.0 Å². The van der Waals surface area contributed by atoms with Crippen LogP contribution in [0.2, 0.25) is 0 Å². The summed E-state index contributed by atoms with van der Waals surface area (Å²) < 4.78 is 11.4. The average Bonchev–Trinajstić information content (AvgIpc) is 2.73. The number of benzene rings is 2. The Morgan fingerprint density at radius 1 is 1.17 bits per heavy atom. The van der Waals surface area contributed by atoms with Crippen molar-refractivity contribution in [3.63, 3.8) is 0 Å². The largest absolute Gasteiger partial charge is 0.497 e. The fourth-order valence-corrected chi connectivity index (χ4v) is 2.77. The summed E-state index contributed by atoms with van der Waals surface area (Å²) in [5.41, 5.74) is 2.48. The van der Waals surface area contributed by atoms with Crippen LogP contribution in [0.5, 0.6) is 11.5 Å². The van der Waals surface area contributed by atoms with E-state index in [0.717, 1.165) is 4.57 Å². The summed E-state index contributed by atoms with van der Waals surface area (Å²) in [5.74, 6) is 0.735. The number of para-hydroxylation sites is 1. The highest BCUT2D eigenvalue weighted by Gasteiger charge is 2.09. The third-order valence-corrected chi connectivity index (χ3v) is 4.29. The molecule has 0 aliphatic rings. The fraction of sp³-hybridized carbons (Fsp3) is 0.200. The van der Waals surface area contributed by atoms with Crippen molar-refractivity contribution in [3.05, 3.63) is 68.9 Å². The summed E-state index contributed by atoms with van der Waals surface area (Å²) in [6.45, 7) is -0.0633. The maximum Gasteiger partial charge on any atom is 0.328 e. The Labute approximate surface area is 165 Å².